The number of rotatable bonds is 5. The van der Waals surface area contributed by atoms with Crippen LogP contribution in [0.3, 0.4) is 0 Å². The van der Waals surface area contributed by atoms with Crippen LogP contribution in [0, 0.1) is 11.2 Å². The summed E-state index contributed by atoms with van der Waals surface area (Å²) in [6, 6.07) is 4.06. The van der Waals surface area contributed by atoms with Crippen molar-refractivity contribution < 1.29 is 12.8 Å². The van der Waals surface area contributed by atoms with Gasteiger partial charge < -0.3 is 5.32 Å². The van der Waals surface area contributed by atoms with Crippen LogP contribution >= 0.6 is 24.0 Å². The Balaban J connectivity index is 0.00000264. The molecule has 1 atom stereocenters. The Morgan fingerprint density at radius 3 is 2.74 bits per heavy atom. The van der Waals surface area contributed by atoms with Gasteiger partial charge in [-0.1, -0.05) is 31.5 Å². The molecule has 0 spiro atoms. The van der Waals surface area contributed by atoms with E-state index in [9.17, 15) is 12.8 Å². The standard InChI is InChI=1S/C15H22ClFN2O2S.ClH/c1-15(2)6-3-7-18-14(15)9-19-22(20,21)10-11-4-5-13(17)12(16)8-11;/h4-5,8,14,18-19H,3,6-7,9-10H2,1-2H3;1H. The molecule has 1 saturated heterocycles. The predicted molar refractivity (Wildman–Crippen MR) is 94.1 cm³/mol. The van der Waals surface area contributed by atoms with Gasteiger partial charge in [0.05, 0.1) is 10.8 Å². The number of hydrogen-bond acceptors (Lipinski definition) is 3. The summed E-state index contributed by atoms with van der Waals surface area (Å²) in [6.07, 6.45) is 2.17. The highest BCUT2D eigenvalue weighted by atomic mass is 35.5. The maximum absolute atomic E-state index is 13.1. The molecule has 0 radical (unpaired) electrons. The first-order valence-corrected chi connectivity index (χ1v) is 9.37. The summed E-state index contributed by atoms with van der Waals surface area (Å²) in [4.78, 5) is 0. The first kappa shape index (κ1) is 20.6. The van der Waals surface area contributed by atoms with E-state index in [0.29, 0.717) is 12.1 Å². The van der Waals surface area contributed by atoms with Gasteiger partial charge in [0.2, 0.25) is 10.0 Å². The highest BCUT2D eigenvalue weighted by Crippen LogP contribution is 2.29. The van der Waals surface area contributed by atoms with Crippen molar-refractivity contribution in [3.05, 3.63) is 34.6 Å². The van der Waals surface area contributed by atoms with E-state index in [1.807, 2.05) is 0 Å². The van der Waals surface area contributed by atoms with Gasteiger partial charge in [0, 0.05) is 12.6 Å². The monoisotopic (exact) mass is 384 g/mol. The van der Waals surface area contributed by atoms with Gasteiger partial charge >= 0.3 is 0 Å². The molecule has 1 aliphatic rings. The molecule has 0 bridgehead atoms. The fourth-order valence-corrected chi connectivity index (χ4v) is 4.07. The minimum Gasteiger partial charge on any atom is -0.312 e. The van der Waals surface area contributed by atoms with Crippen molar-refractivity contribution in [2.24, 2.45) is 5.41 Å². The van der Waals surface area contributed by atoms with Crippen molar-refractivity contribution in [3.8, 4) is 0 Å². The van der Waals surface area contributed by atoms with Crippen molar-refractivity contribution in [3.63, 3.8) is 0 Å². The summed E-state index contributed by atoms with van der Waals surface area (Å²) in [7, 11) is -3.48. The van der Waals surface area contributed by atoms with E-state index in [-0.39, 0.29) is 34.6 Å². The molecule has 1 heterocycles. The van der Waals surface area contributed by atoms with Gasteiger partial charge in [0.25, 0.3) is 0 Å². The van der Waals surface area contributed by atoms with Crippen LogP contribution in [0.2, 0.25) is 5.02 Å². The molecule has 0 aromatic heterocycles. The second kappa shape index (κ2) is 8.12. The van der Waals surface area contributed by atoms with E-state index in [0.717, 1.165) is 19.4 Å². The average Bonchev–Trinajstić information content (AvgIpc) is 2.41. The van der Waals surface area contributed by atoms with Crippen molar-refractivity contribution in [1.82, 2.24) is 10.0 Å². The summed E-state index contributed by atoms with van der Waals surface area (Å²) < 4.78 is 40.1. The SMILES string of the molecule is CC1(C)CCCNC1CNS(=O)(=O)Cc1ccc(F)c(Cl)c1.Cl. The Labute approximate surface area is 148 Å². The molecule has 0 aliphatic carbocycles. The van der Waals surface area contributed by atoms with E-state index in [2.05, 4.69) is 23.9 Å². The molecule has 1 aliphatic heterocycles. The van der Waals surface area contributed by atoms with Crippen molar-refractivity contribution in [2.45, 2.75) is 38.5 Å². The molecule has 132 valence electrons. The number of hydrogen-bond donors (Lipinski definition) is 2. The minimum atomic E-state index is -3.48. The van der Waals surface area contributed by atoms with E-state index in [1.165, 1.54) is 18.2 Å². The Morgan fingerprint density at radius 1 is 1.43 bits per heavy atom. The van der Waals surface area contributed by atoms with Crippen LogP contribution in [0.5, 0.6) is 0 Å². The first-order chi connectivity index (χ1) is 10.2. The van der Waals surface area contributed by atoms with Gasteiger partial charge in [-0.05, 0) is 42.5 Å². The van der Waals surface area contributed by atoms with Gasteiger partial charge in [-0.3, -0.25) is 0 Å². The first-order valence-electron chi connectivity index (χ1n) is 7.34. The lowest BCUT2D eigenvalue weighted by Crippen LogP contribution is -2.52. The summed E-state index contributed by atoms with van der Waals surface area (Å²) in [5.74, 6) is -0.760. The maximum atomic E-state index is 13.1. The maximum Gasteiger partial charge on any atom is 0.215 e. The summed E-state index contributed by atoms with van der Waals surface area (Å²) in [5.41, 5.74) is 0.523. The molecule has 1 unspecified atom stereocenters. The molecule has 4 nitrogen and oxygen atoms in total. The van der Waals surface area contributed by atoms with Crippen LogP contribution in [0.25, 0.3) is 0 Å². The second-order valence-corrected chi connectivity index (χ2v) is 8.67. The number of nitrogens with one attached hydrogen (secondary N) is 2. The summed E-state index contributed by atoms with van der Waals surface area (Å²) in [5, 5.41) is 3.30. The summed E-state index contributed by atoms with van der Waals surface area (Å²) in [6.45, 7) is 5.53. The Morgan fingerprint density at radius 2 is 2.13 bits per heavy atom. The van der Waals surface area contributed by atoms with Crippen LogP contribution in [-0.4, -0.2) is 27.5 Å². The second-order valence-electron chi connectivity index (χ2n) is 6.45. The molecule has 2 N–H and O–H groups in total. The van der Waals surface area contributed by atoms with Crippen LogP contribution in [0.1, 0.15) is 32.3 Å². The quantitative estimate of drug-likeness (QED) is 0.819. The van der Waals surface area contributed by atoms with Crippen molar-refractivity contribution >= 4 is 34.0 Å². The van der Waals surface area contributed by atoms with Crippen LogP contribution in [0.15, 0.2) is 18.2 Å². The molecule has 23 heavy (non-hydrogen) atoms. The fraction of sp³-hybridized carbons (Fsp3) is 0.600. The highest BCUT2D eigenvalue weighted by molar-refractivity contribution is 7.88. The van der Waals surface area contributed by atoms with E-state index >= 15 is 0 Å². The molecule has 0 amide bonds. The molecular weight excluding hydrogens is 362 g/mol. The lowest BCUT2D eigenvalue weighted by Gasteiger charge is -2.39. The minimum absolute atomic E-state index is 0. The van der Waals surface area contributed by atoms with Gasteiger partial charge in [-0.15, -0.1) is 12.4 Å². The highest BCUT2D eigenvalue weighted by Gasteiger charge is 2.32. The number of sulfonamides is 1. The van der Waals surface area contributed by atoms with Crippen molar-refractivity contribution in [1.29, 1.82) is 0 Å². The van der Waals surface area contributed by atoms with E-state index < -0.39 is 15.8 Å². The zero-order valence-corrected chi connectivity index (χ0v) is 15.6. The Bertz CT molecular complexity index is 638. The van der Waals surface area contributed by atoms with Gasteiger partial charge in [0.15, 0.2) is 0 Å². The fourth-order valence-electron chi connectivity index (χ4n) is 2.73. The van der Waals surface area contributed by atoms with E-state index in [4.69, 9.17) is 11.6 Å². The molecule has 0 saturated carbocycles. The van der Waals surface area contributed by atoms with Gasteiger partial charge in [-0.25, -0.2) is 17.5 Å². The largest absolute Gasteiger partial charge is 0.312 e. The lowest BCUT2D eigenvalue weighted by molar-refractivity contribution is 0.181. The van der Waals surface area contributed by atoms with E-state index in [1.54, 1.807) is 0 Å². The number of halogens is 3. The topological polar surface area (TPSA) is 58.2 Å². The van der Waals surface area contributed by atoms with Crippen LogP contribution in [0.4, 0.5) is 4.39 Å². The van der Waals surface area contributed by atoms with Crippen molar-refractivity contribution in [2.75, 3.05) is 13.1 Å². The third-order valence-electron chi connectivity index (χ3n) is 4.18. The smallest absolute Gasteiger partial charge is 0.215 e. The Kier molecular flexibility index (Phi) is 7.29. The Hall–Kier alpha value is -0.400. The molecule has 1 aromatic carbocycles. The normalized spacial score (nSPS) is 20.8. The molecule has 1 fully saturated rings. The van der Waals surface area contributed by atoms with Crippen LogP contribution in [-0.2, 0) is 15.8 Å². The molecule has 1 aromatic rings. The third-order valence-corrected chi connectivity index (χ3v) is 5.79. The number of benzene rings is 1. The predicted octanol–water partition coefficient (Wildman–Crippen LogP) is 3.10. The third kappa shape index (κ3) is 5.87. The molecular formula is C15H23Cl2FN2O2S. The lowest BCUT2D eigenvalue weighted by atomic mass is 9.78. The van der Waals surface area contributed by atoms with Crippen LogP contribution < -0.4 is 10.0 Å². The average molecular weight is 385 g/mol. The van der Waals surface area contributed by atoms with Gasteiger partial charge in [-0.2, -0.15) is 0 Å². The zero-order valence-electron chi connectivity index (χ0n) is 13.2. The summed E-state index contributed by atoms with van der Waals surface area (Å²) >= 11 is 5.68. The number of piperidine rings is 1. The molecule has 8 heteroatoms. The van der Waals surface area contributed by atoms with Gasteiger partial charge in [0.1, 0.15) is 5.82 Å². The zero-order chi connectivity index (χ0) is 16.4. The molecule has 2 rings (SSSR count).